The minimum atomic E-state index is -2.50. The van der Waals surface area contributed by atoms with Crippen LogP contribution in [0.15, 0.2) is 18.2 Å². The van der Waals surface area contributed by atoms with E-state index in [-0.39, 0.29) is 11.6 Å². The smallest absolute Gasteiger partial charge is 0.144 e. The summed E-state index contributed by atoms with van der Waals surface area (Å²) in [5, 5.41) is 0. The van der Waals surface area contributed by atoms with Crippen LogP contribution in [0.25, 0.3) is 0 Å². The van der Waals surface area contributed by atoms with E-state index in [2.05, 4.69) is 11.8 Å². The minimum Gasteiger partial charge on any atom is -0.304 e. The van der Waals surface area contributed by atoms with E-state index in [1.807, 2.05) is 6.07 Å². The van der Waals surface area contributed by atoms with Crippen LogP contribution in [0, 0.1) is 5.82 Å². The highest BCUT2D eigenvalue weighted by Crippen LogP contribution is 2.29. The Morgan fingerprint density at radius 2 is 1.95 bits per heavy atom. The third-order valence-corrected chi connectivity index (χ3v) is 4.42. The van der Waals surface area contributed by atoms with Gasteiger partial charge in [0.2, 0.25) is 0 Å². The molecule has 0 saturated carbocycles. The molecule has 0 radical (unpaired) electrons. The Hall–Kier alpha value is -0.940. The Kier molecular flexibility index (Phi) is 4.93. The second-order valence-electron chi connectivity index (χ2n) is 5.09. The lowest BCUT2D eigenvalue weighted by Gasteiger charge is -2.31. The van der Waals surface area contributed by atoms with Gasteiger partial charge in [0.15, 0.2) is 0 Å². The molecule has 0 aromatic heterocycles. The highest BCUT2D eigenvalue weighted by atomic mass is 32.2. The van der Waals surface area contributed by atoms with Crippen molar-refractivity contribution in [2.45, 2.75) is 31.4 Å². The van der Waals surface area contributed by atoms with Crippen LogP contribution in [0.5, 0.6) is 0 Å². The molecule has 0 atom stereocenters. The zero-order chi connectivity index (χ0) is 13.8. The first-order chi connectivity index (χ1) is 9.08. The van der Waals surface area contributed by atoms with E-state index >= 15 is 0 Å². The van der Waals surface area contributed by atoms with Gasteiger partial charge in [-0.2, -0.15) is 0 Å². The lowest BCUT2D eigenvalue weighted by atomic mass is 9.88. The summed E-state index contributed by atoms with van der Waals surface area (Å²) in [6.45, 7) is 5.26. The fourth-order valence-electron chi connectivity index (χ4n) is 2.73. The van der Waals surface area contributed by atoms with Crippen molar-refractivity contribution in [3.63, 3.8) is 0 Å². The Balaban J connectivity index is 2.13. The lowest BCUT2D eigenvalue weighted by Crippen LogP contribution is -2.32. The third kappa shape index (κ3) is 4.01. The Morgan fingerprint density at radius 3 is 2.53 bits per heavy atom. The number of likely N-dealkylation sites (tertiary alicyclic amines) is 1. The quantitative estimate of drug-likeness (QED) is 0.861. The van der Waals surface area contributed by atoms with Crippen molar-refractivity contribution in [1.82, 2.24) is 4.90 Å². The fourth-order valence-corrected chi connectivity index (χ4v) is 3.21. The van der Waals surface area contributed by atoms with Crippen molar-refractivity contribution < 1.29 is 12.8 Å². The maximum Gasteiger partial charge on any atom is 0.144 e. The zero-order valence-electron chi connectivity index (χ0n) is 11.1. The second-order valence-corrected chi connectivity index (χ2v) is 6.07. The van der Waals surface area contributed by atoms with Crippen LogP contribution in [0.1, 0.15) is 36.8 Å². The van der Waals surface area contributed by atoms with E-state index in [0.717, 1.165) is 38.0 Å². The van der Waals surface area contributed by atoms with Crippen molar-refractivity contribution >= 4 is 10.7 Å². The number of hydrogen-bond donors (Lipinski definition) is 1. The predicted molar refractivity (Wildman–Crippen MR) is 74.5 cm³/mol. The van der Waals surface area contributed by atoms with Crippen LogP contribution in [0.4, 0.5) is 4.39 Å². The first-order valence-corrected chi connectivity index (χ1v) is 8.08. The van der Waals surface area contributed by atoms with Crippen LogP contribution in [0.3, 0.4) is 0 Å². The van der Waals surface area contributed by atoms with Gasteiger partial charge in [0.1, 0.15) is 16.5 Å². The summed E-state index contributed by atoms with van der Waals surface area (Å²) < 4.78 is 35.1. The summed E-state index contributed by atoms with van der Waals surface area (Å²) in [7, 11) is -2.50. The predicted octanol–water partition coefficient (Wildman–Crippen LogP) is 2.14. The molecule has 1 aromatic rings. The molecular weight excluding hydrogens is 265 g/mol. The van der Waals surface area contributed by atoms with E-state index in [1.54, 1.807) is 6.07 Å². The standard InChI is InChI=1S/C14H20FNO2S/c1-2-16-5-3-12(4-6-16)13-7-11(10-19(17)18)8-14(15)9-13/h7-9,12,19H,2-6,10H2,1H3. The van der Waals surface area contributed by atoms with Gasteiger partial charge in [0.25, 0.3) is 0 Å². The number of benzene rings is 1. The fraction of sp³-hybridized carbons (Fsp3) is 0.571. The number of rotatable bonds is 4. The molecule has 1 aliphatic rings. The maximum absolute atomic E-state index is 13.6. The third-order valence-electron chi connectivity index (χ3n) is 3.80. The van der Waals surface area contributed by atoms with Crippen LogP contribution in [-0.2, 0) is 16.5 Å². The van der Waals surface area contributed by atoms with E-state index < -0.39 is 10.7 Å². The number of halogens is 1. The Morgan fingerprint density at radius 1 is 1.26 bits per heavy atom. The number of piperidine rings is 1. The maximum atomic E-state index is 13.6. The molecule has 2 rings (SSSR count). The molecule has 5 heteroatoms. The van der Waals surface area contributed by atoms with Gasteiger partial charge in [-0.25, -0.2) is 12.8 Å². The SMILES string of the molecule is CCN1CCC(c2cc(F)cc(C[SH](=O)=O)c2)CC1. The molecule has 0 unspecified atom stereocenters. The van der Waals surface area contributed by atoms with Crippen molar-refractivity contribution in [1.29, 1.82) is 0 Å². The molecule has 3 nitrogen and oxygen atoms in total. The van der Waals surface area contributed by atoms with Crippen molar-refractivity contribution in [3.8, 4) is 0 Å². The monoisotopic (exact) mass is 285 g/mol. The van der Waals surface area contributed by atoms with Gasteiger partial charge in [-0.3, -0.25) is 0 Å². The molecule has 1 aliphatic heterocycles. The van der Waals surface area contributed by atoms with Gasteiger partial charge in [-0.15, -0.1) is 0 Å². The van der Waals surface area contributed by atoms with Crippen LogP contribution in [0.2, 0.25) is 0 Å². The van der Waals surface area contributed by atoms with Crippen LogP contribution in [-0.4, -0.2) is 33.0 Å². The topological polar surface area (TPSA) is 37.4 Å². The Labute approximate surface area is 115 Å². The summed E-state index contributed by atoms with van der Waals surface area (Å²) in [6, 6.07) is 4.71. The van der Waals surface area contributed by atoms with E-state index in [9.17, 15) is 12.8 Å². The molecule has 1 aromatic carbocycles. The number of thiol groups is 1. The summed E-state index contributed by atoms with van der Waals surface area (Å²) in [5.41, 5.74) is 1.51. The summed E-state index contributed by atoms with van der Waals surface area (Å²) in [4.78, 5) is 2.38. The van der Waals surface area contributed by atoms with Gasteiger partial charge in [0, 0.05) is 0 Å². The highest BCUT2D eigenvalue weighted by Gasteiger charge is 2.20. The van der Waals surface area contributed by atoms with Crippen molar-refractivity contribution in [2.24, 2.45) is 0 Å². The van der Waals surface area contributed by atoms with Crippen molar-refractivity contribution in [3.05, 3.63) is 35.1 Å². The van der Waals surface area contributed by atoms with Gasteiger partial charge >= 0.3 is 0 Å². The summed E-state index contributed by atoms with van der Waals surface area (Å²) in [6.07, 6.45) is 2.03. The molecule has 0 spiro atoms. The normalized spacial score (nSPS) is 18.1. The zero-order valence-corrected chi connectivity index (χ0v) is 12.0. The molecule has 1 fully saturated rings. The highest BCUT2D eigenvalue weighted by molar-refractivity contribution is 7.71. The molecule has 19 heavy (non-hydrogen) atoms. The van der Waals surface area contributed by atoms with Gasteiger partial charge in [-0.05, 0) is 61.7 Å². The minimum absolute atomic E-state index is 0.0755. The van der Waals surface area contributed by atoms with E-state index in [1.165, 1.54) is 6.07 Å². The molecule has 0 amide bonds. The molecule has 0 aliphatic carbocycles. The average Bonchev–Trinajstić information content (AvgIpc) is 2.37. The number of nitrogens with zero attached hydrogens (tertiary/aromatic N) is 1. The summed E-state index contributed by atoms with van der Waals surface area (Å²) in [5.74, 6) is -0.0579. The molecule has 106 valence electrons. The molecule has 0 bridgehead atoms. The molecule has 1 saturated heterocycles. The molecule has 0 N–H and O–H groups in total. The first-order valence-electron chi connectivity index (χ1n) is 6.72. The second kappa shape index (κ2) is 6.48. The number of hydrogen-bond acceptors (Lipinski definition) is 3. The lowest BCUT2D eigenvalue weighted by molar-refractivity contribution is 0.222. The first kappa shape index (κ1) is 14.5. The van der Waals surface area contributed by atoms with Crippen LogP contribution >= 0.6 is 0 Å². The van der Waals surface area contributed by atoms with E-state index in [0.29, 0.717) is 11.5 Å². The van der Waals surface area contributed by atoms with Gasteiger partial charge in [0.05, 0.1) is 5.75 Å². The Bertz CT molecular complexity index is 500. The van der Waals surface area contributed by atoms with Gasteiger partial charge < -0.3 is 4.90 Å². The largest absolute Gasteiger partial charge is 0.304 e. The average molecular weight is 285 g/mol. The summed E-state index contributed by atoms with van der Waals surface area (Å²) >= 11 is 0. The van der Waals surface area contributed by atoms with E-state index in [4.69, 9.17) is 0 Å². The van der Waals surface area contributed by atoms with Crippen LogP contribution < -0.4 is 0 Å². The van der Waals surface area contributed by atoms with Crippen molar-refractivity contribution in [2.75, 3.05) is 19.6 Å². The molecular formula is C14H20FNO2S. The molecule has 1 heterocycles. The van der Waals surface area contributed by atoms with Gasteiger partial charge in [-0.1, -0.05) is 13.0 Å².